The van der Waals surface area contributed by atoms with Crippen LogP contribution < -0.4 is 5.32 Å². The van der Waals surface area contributed by atoms with Gasteiger partial charge in [-0.25, -0.2) is 4.79 Å². The van der Waals surface area contributed by atoms with Crippen molar-refractivity contribution in [1.29, 1.82) is 0 Å². The van der Waals surface area contributed by atoms with Crippen LogP contribution in [0.2, 0.25) is 0 Å². The van der Waals surface area contributed by atoms with Gasteiger partial charge >= 0.3 is 6.09 Å². The predicted octanol–water partition coefficient (Wildman–Crippen LogP) is 0.908. The number of aliphatic hydroxyl groups is 1. The fourth-order valence-electron chi connectivity index (χ4n) is 1.57. The Balaban J connectivity index is 2.42. The third kappa shape index (κ3) is 4.37. The molecule has 2 atom stereocenters. The Kier molecular flexibility index (Phi) is 4.56. The van der Waals surface area contributed by atoms with Crippen LogP contribution in [0.5, 0.6) is 0 Å². The molecule has 0 bridgehead atoms. The second-order valence-corrected chi connectivity index (χ2v) is 5.13. The minimum absolute atomic E-state index is 0.0144. The van der Waals surface area contributed by atoms with Gasteiger partial charge in [0, 0.05) is 24.7 Å². The Hall–Kier alpha value is -0.810. The number of ether oxygens (including phenoxy) is 2. The summed E-state index contributed by atoms with van der Waals surface area (Å²) in [6, 6.07) is 0. The third-order valence-electron chi connectivity index (χ3n) is 2.41. The summed E-state index contributed by atoms with van der Waals surface area (Å²) in [7, 11) is 0. The van der Waals surface area contributed by atoms with E-state index < -0.39 is 6.09 Å². The number of amides is 1. The van der Waals surface area contributed by atoms with E-state index in [1.54, 1.807) is 0 Å². The van der Waals surface area contributed by atoms with Gasteiger partial charge in [0.15, 0.2) is 0 Å². The molecule has 0 spiro atoms. The number of rotatable bonds is 2. The quantitative estimate of drug-likeness (QED) is 0.741. The van der Waals surface area contributed by atoms with Crippen LogP contribution in [0.4, 0.5) is 4.79 Å². The molecular weight excluding hydrogens is 210 g/mol. The first-order valence-electron chi connectivity index (χ1n) is 5.60. The van der Waals surface area contributed by atoms with Gasteiger partial charge in [-0.2, -0.15) is 0 Å². The van der Waals surface area contributed by atoms with Crippen molar-refractivity contribution in [2.45, 2.75) is 38.8 Å². The maximum Gasteiger partial charge on any atom is 0.407 e. The number of carbonyl (C=O) groups excluding carboxylic acids is 1. The van der Waals surface area contributed by atoms with Crippen molar-refractivity contribution in [2.24, 2.45) is 5.92 Å². The highest BCUT2D eigenvalue weighted by atomic mass is 16.6. The summed E-state index contributed by atoms with van der Waals surface area (Å²) >= 11 is 0. The summed E-state index contributed by atoms with van der Waals surface area (Å²) in [5, 5.41) is 11.9. The Morgan fingerprint density at radius 1 is 1.56 bits per heavy atom. The van der Waals surface area contributed by atoms with Crippen molar-refractivity contribution >= 4 is 6.09 Å². The van der Waals surface area contributed by atoms with Crippen molar-refractivity contribution in [3.05, 3.63) is 0 Å². The van der Waals surface area contributed by atoms with Crippen molar-refractivity contribution in [1.82, 2.24) is 5.32 Å². The van der Waals surface area contributed by atoms with Crippen molar-refractivity contribution in [3.63, 3.8) is 0 Å². The largest absolute Gasteiger partial charge is 0.443 e. The van der Waals surface area contributed by atoms with Gasteiger partial charge in [0.1, 0.15) is 6.10 Å². The van der Waals surface area contributed by atoms with Gasteiger partial charge in [-0.15, -0.1) is 0 Å². The van der Waals surface area contributed by atoms with E-state index in [1.807, 2.05) is 20.8 Å². The summed E-state index contributed by atoms with van der Waals surface area (Å²) in [4.78, 5) is 11.5. The number of hydrogen-bond donors (Lipinski definition) is 2. The van der Waals surface area contributed by atoms with E-state index in [1.165, 1.54) is 0 Å². The zero-order chi connectivity index (χ0) is 12.2. The molecule has 1 heterocycles. The summed E-state index contributed by atoms with van der Waals surface area (Å²) in [6.45, 7) is 6.66. The first-order valence-corrected chi connectivity index (χ1v) is 5.60. The number of hydrogen-bond acceptors (Lipinski definition) is 4. The Labute approximate surface area is 96.1 Å². The normalized spacial score (nSPS) is 26.2. The Bertz CT molecular complexity index is 237. The lowest BCUT2D eigenvalue weighted by Crippen LogP contribution is -2.46. The molecule has 5 nitrogen and oxygen atoms in total. The predicted molar refractivity (Wildman–Crippen MR) is 59.2 cm³/mol. The monoisotopic (exact) mass is 231 g/mol. The molecule has 1 amide bonds. The van der Waals surface area contributed by atoms with Crippen molar-refractivity contribution in [2.75, 3.05) is 19.8 Å². The number of nitrogens with one attached hydrogen (secondary N) is 1. The summed E-state index contributed by atoms with van der Waals surface area (Å²) < 4.78 is 10.5. The fourth-order valence-corrected chi connectivity index (χ4v) is 1.57. The first kappa shape index (κ1) is 13.3. The van der Waals surface area contributed by atoms with Gasteiger partial charge in [-0.05, 0) is 27.2 Å². The molecule has 0 aromatic carbocycles. The molecule has 1 aliphatic heterocycles. The van der Waals surface area contributed by atoms with E-state index in [0.29, 0.717) is 13.2 Å². The molecule has 1 aliphatic rings. The average Bonchev–Trinajstić information content (AvgIpc) is 2.15. The SMILES string of the molecule is CC(C)(C)NC(=O)O[C@H]1COCC[C@H]1CO. The van der Waals surface area contributed by atoms with Crippen LogP contribution >= 0.6 is 0 Å². The smallest absolute Gasteiger partial charge is 0.407 e. The molecule has 1 fully saturated rings. The molecule has 0 aliphatic carbocycles. The van der Waals surface area contributed by atoms with E-state index in [0.717, 1.165) is 6.42 Å². The maximum atomic E-state index is 11.5. The fraction of sp³-hybridized carbons (Fsp3) is 0.909. The van der Waals surface area contributed by atoms with Crippen LogP contribution in [0.3, 0.4) is 0 Å². The van der Waals surface area contributed by atoms with Crippen LogP contribution in [0.1, 0.15) is 27.2 Å². The molecule has 2 N–H and O–H groups in total. The lowest BCUT2D eigenvalue weighted by molar-refractivity contribution is -0.0654. The van der Waals surface area contributed by atoms with Gasteiger partial charge in [-0.1, -0.05) is 0 Å². The van der Waals surface area contributed by atoms with Gasteiger partial charge in [0.2, 0.25) is 0 Å². The molecule has 0 saturated carbocycles. The van der Waals surface area contributed by atoms with Crippen LogP contribution in [-0.2, 0) is 9.47 Å². The van der Waals surface area contributed by atoms with Crippen LogP contribution in [0, 0.1) is 5.92 Å². The van der Waals surface area contributed by atoms with Crippen LogP contribution in [-0.4, -0.2) is 42.7 Å². The zero-order valence-electron chi connectivity index (χ0n) is 10.2. The number of aliphatic hydroxyl groups excluding tert-OH is 1. The first-order chi connectivity index (χ1) is 7.42. The van der Waals surface area contributed by atoms with E-state index in [9.17, 15) is 4.79 Å². The van der Waals surface area contributed by atoms with Gasteiger partial charge in [0.05, 0.1) is 6.61 Å². The number of alkyl carbamates (subject to hydrolysis) is 1. The zero-order valence-corrected chi connectivity index (χ0v) is 10.2. The van der Waals surface area contributed by atoms with Crippen LogP contribution in [0.25, 0.3) is 0 Å². The minimum atomic E-state index is -0.457. The molecule has 1 saturated heterocycles. The van der Waals surface area contributed by atoms with Gasteiger partial charge in [-0.3, -0.25) is 0 Å². The summed E-state index contributed by atoms with van der Waals surface area (Å²) in [5.41, 5.74) is -0.318. The van der Waals surface area contributed by atoms with Crippen LogP contribution in [0.15, 0.2) is 0 Å². The van der Waals surface area contributed by atoms with E-state index >= 15 is 0 Å². The van der Waals surface area contributed by atoms with E-state index in [4.69, 9.17) is 14.6 Å². The van der Waals surface area contributed by atoms with Crippen molar-refractivity contribution < 1.29 is 19.4 Å². The highest BCUT2D eigenvalue weighted by Gasteiger charge is 2.29. The summed E-state index contributed by atoms with van der Waals surface area (Å²) in [6.07, 6.45) is -0.0770. The van der Waals surface area contributed by atoms with E-state index in [2.05, 4.69) is 5.32 Å². The Morgan fingerprint density at radius 2 is 2.25 bits per heavy atom. The standard InChI is InChI=1S/C11H21NO4/c1-11(2,3)12-10(14)16-9-7-15-5-4-8(9)6-13/h8-9,13H,4-7H2,1-3H3,(H,12,14)/t8-,9-/m0/s1. The maximum absolute atomic E-state index is 11.5. The molecule has 1 rings (SSSR count). The molecule has 0 aromatic rings. The highest BCUT2D eigenvalue weighted by Crippen LogP contribution is 2.18. The second-order valence-electron chi connectivity index (χ2n) is 5.13. The van der Waals surface area contributed by atoms with Gasteiger partial charge < -0.3 is 19.9 Å². The minimum Gasteiger partial charge on any atom is -0.443 e. The topological polar surface area (TPSA) is 67.8 Å². The Morgan fingerprint density at radius 3 is 2.81 bits per heavy atom. The lowest BCUT2D eigenvalue weighted by atomic mass is 9.98. The molecule has 0 radical (unpaired) electrons. The molecule has 0 aromatic heterocycles. The molecule has 5 heteroatoms. The average molecular weight is 231 g/mol. The van der Waals surface area contributed by atoms with E-state index in [-0.39, 0.29) is 24.2 Å². The molecular formula is C11H21NO4. The van der Waals surface area contributed by atoms with Gasteiger partial charge in [0.25, 0.3) is 0 Å². The third-order valence-corrected chi connectivity index (χ3v) is 2.41. The lowest BCUT2D eigenvalue weighted by Gasteiger charge is -2.31. The highest BCUT2D eigenvalue weighted by molar-refractivity contribution is 5.68. The number of carbonyl (C=O) groups is 1. The summed E-state index contributed by atoms with van der Waals surface area (Å²) in [5.74, 6) is -0.0144. The molecule has 94 valence electrons. The molecule has 0 unspecified atom stereocenters. The molecule has 16 heavy (non-hydrogen) atoms. The second kappa shape index (κ2) is 5.50. The van der Waals surface area contributed by atoms with Crippen molar-refractivity contribution in [3.8, 4) is 0 Å².